The maximum atomic E-state index is 4.94. The van der Waals surface area contributed by atoms with Crippen LogP contribution in [0.2, 0.25) is 0 Å². The van der Waals surface area contributed by atoms with Gasteiger partial charge in [0.2, 0.25) is 0 Å². The van der Waals surface area contributed by atoms with E-state index < -0.39 is 0 Å². The van der Waals surface area contributed by atoms with E-state index in [1.807, 2.05) is 12.3 Å². The zero-order chi connectivity index (χ0) is 14.5. The van der Waals surface area contributed by atoms with Gasteiger partial charge in [-0.3, -0.25) is 4.98 Å². The van der Waals surface area contributed by atoms with Gasteiger partial charge < -0.3 is 0 Å². The molecule has 2 nitrogen and oxygen atoms in total. The van der Waals surface area contributed by atoms with E-state index >= 15 is 0 Å². The van der Waals surface area contributed by atoms with Crippen molar-refractivity contribution in [3.8, 4) is 11.4 Å². The molecule has 1 aliphatic rings. The molecule has 0 atom stereocenters. The van der Waals surface area contributed by atoms with E-state index in [1.54, 1.807) is 0 Å². The van der Waals surface area contributed by atoms with Crippen LogP contribution >= 0.6 is 0 Å². The Bertz CT molecular complexity index is 1030. The van der Waals surface area contributed by atoms with Crippen molar-refractivity contribution < 1.29 is 0 Å². The number of hydrogen-bond acceptors (Lipinski definition) is 2. The fourth-order valence-electron chi connectivity index (χ4n) is 3.43. The fraction of sp³-hybridized carbons (Fsp3) is 0.100. The predicted octanol–water partition coefficient (Wildman–Crippen LogP) is 4.55. The average molecular weight is 282 g/mol. The molecule has 4 aromatic rings. The molecule has 0 bridgehead atoms. The third-order valence-electron chi connectivity index (χ3n) is 4.54. The molecular formula is C20H14N2. The van der Waals surface area contributed by atoms with Crippen molar-refractivity contribution >= 4 is 21.7 Å². The summed E-state index contributed by atoms with van der Waals surface area (Å²) in [6, 6.07) is 19.3. The molecule has 2 heterocycles. The Hall–Kier alpha value is -2.74. The normalized spacial score (nSPS) is 13.1. The molecule has 0 radical (unpaired) electrons. The first-order valence-electron chi connectivity index (χ1n) is 7.65. The molecule has 104 valence electrons. The van der Waals surface area contributed by atoms with Crippen LogP contribution in [0.4, 0.5) is 0 Å². The summed E-state index contributed by atoms with van der Waals surface area (Å²) in [6.45, 7) is 0. The highest BCUT2D eigenvalue weighted by molar-refractivity contribution is 5.97. The first-order chi connectivity index (χ1) is 10.9. The number of pyridine rings is 2. The quantitative estimate of drug-likeness (QED) is 0.442. The van der Waals surface area contributed by atoms with Crippen LogP contribution in [-0.4, -0.2) is 9.97 Å². The van der Waals surface area contributed by atoms with Crippen molar-refractivity contribution in [3.05, 3.63) is 71.9 Å². The van der Waals surface area contributed by atoms with Gasteiger partial charge in [0, 0.05) is 11.6 Å². The number of aryl methyl sites for hydroxylation is 2. The number of rotatable bonds is 0. The second kappa shape index (κ2) is 4.38. The molecule has 1 aliphatic carbocycles. The summed E-state index contributed by atoms with van der Waals surface area (Å²) in [7, 11) is 0. The van der Waals surface area contributed by atoms with Gasteiger partial charge in [0.25, 0.3) is 0 Å². The first-order valence-corrected chi connectivity index (χ1v) is 7.65. The lowest BCUT2D eigenvalue weighted by molar-refractivity contribution is 0.917. The molecule has 22 heavy (non-hydrogen) atoms. The lowest BCUT2D eigenvalue weighted by Crippen LogP contribution is -2.07. The number of benzene rings is 2. The van der Waals surface area contributed by atoms with Crippen LogP contribution in [-0.2, 0) is 12.8 Å². The second-order valence-corrected chi connectivity index (χ2v) is 5.90. The maximum Gasteiger partial charge on any atom is 0.0928 e. The summed E-state index contributed by atoms with van der Waals surface area (Å²) in [5.74, 6) is 0. The number of nitrogens with zero attached hydrogens (tertiary/aromatic N) is 2. The Kier molecular flexibility index (Phi) is 2.36. The van der Waals surface area contributed by atoms with Gasteiger partial charge in [-0.05, 0) is 59.0 Å². The van der Waals surface area contributed by atoms with E-state index in [0.717, 1.165) is 29.7 Å². The van der Waals surface area contributed by atoms with E-state index in [1.165, 1.54) is 27.3 Å². The third kappa shape index (κ3) is 1.67. The highest BCUT2D eigenvalue weighted by atomic mass is 14.8. The lowest BCUT2D eigenvalue weighted by atomic mass is 9.91. The Morgan fingerprint density at radius 3 is 2.41 bits per heavy atom. The third-order valence-corrected chi connectivity index (χ3v) is 4.54. The van der Waals surface area contributed by atoms with Gasteiger partial charge in [-0.15, -0.1) is 0 Å². The molecule has 0 spiro atoms. The van der Waals surface area contributed by atoms with Gasteiger partial charge in [-0.1, -0.05) is 30.3 Å². The summed E-state index contributed by atoms with van der Waals surface area (Å²) < 4.78 is 0. The average Bonchev–Trinajstić information content (AvgIpc) is 2.58. The van der Waals surface area contributed by atoms with Crippen LogP contribution in [0.25, 0.3) is 33.1 Å². The monoisotopic (exact) mass is 282 g/mol. The fourth-order valence-corrected chi connectivity index (χ4v) is 3.43. The van der Waals surface area contributed by atoms with Crippen molar-refractivity contribution in [1.82, 2.24) is 9.97 Å². The Balaban J connectivity index is 1.85. The van der Waals surface area contributed by atoms with E-state index in [9.17, 15) is 0 Å². The lowest BCUT2D eigenvalue weighted by Gasteiger charge is -2.18. The first kappa shape index (κ1) is 11.9. The van der Waals surface area contributed by atoms with Crippen LogP contribution in [0.15, 0.2) is 60.8 Å². The Morgan fingerprint density at radius 1 is 0.682 bits per heavy atom. The molecule has 0 amide bonds. The predicted molar refractivity (Wildman–Crippen MR) is 89.9 cm³/mol. The van der Waals surface area contributed by atoms with Crippen LogP contribution in [0, 0.1) is 0 Å². The van der Waals surface area contributed by atoms with Gasteiger partial charge >= 0.3 is 0 Å². The van der Waals surface area contributed by atoms with Crippen LogP contribution in [0.5, 0.6) is 0 Å². The van der Waals surface area contributed by atoms with E-state index in [2.05, 4.69) is 53.5 Å². The minimum absolute atomic E-state index is 1.05. The minimum Gasteiger partial charge on any atom is -0.254 e. The highest BCUT2D eigenvalue weighted by Gasteiger charge is 2.19. The molecule has 0 N–H and O–H groups in total. The van der Waals surface area contributed by atoms with Crippen LogP contribution < -0.4 is 0 Å². The summed E-state index contributed by atoms with van der Waals surface area (Å²) in [6.07, 6.45) is 3.96. The maximum absolute atomic E-state index is 4.94. The number of hydrogen-bond donors (Lipinski definition) is 0. The molecule has 5 rings (SSSR count). The van der Waals surface area contributed by atoms with Crippen molar-refractivity contribution in [2.75, 3.05) is 0 Å². The molecule has 0 saturated heterocycles. The zero-order valence-corrected chi connectivity index (χ0v) is 12.1. The van der Waals surface area contributed by atoms with Crippen molar-refractivity contribution in [2.45, 2.75) is 12.8 Å². The number of fused-ring (bicyclic) bond motifs is 5. The smallest absolute Gasteiger partial charge is 0.0928 e. The topological polar surface area (TPSA) is 25.8 Å². The number of aromatic nitrogens is 2. The van der Waals surface area contributed by atoms with Crippen LogP contribution in [0.1, 0.15) is 11.1 Å². The summed E-state index contributed by atoms with van der Waals surface area (Å²) in [5, 5.41) is 3.72. The van der Waals surface area contributed by atoms with E-state index in [0.29, 0.717) is 0 Å². The SMILES string of the molecule is c1cnc2c(c1)CCc1cc3cc4ccccc4cc3nc1-2. The van der Waals surface area contributed by atoms with Gasteiger partial charge in [0.1, 0.15) is 0 Å². The molecule has 0 fully saturated rings. The zero-order valence-electron chi connectivity index (χ0n) is 12.1. The largest absolute Gasteiger partial charge is 0.254 e. The van der Waals surface area contributed by atoms with Gasteiger partial charge in [-0.2, -0.15) is 0 Å². The van der Waals surface area contributed by atoms with Crippen molar-refractivity contribution in [2.24, 2.45) is 0 Å². The summed E-state index contributed by atoms with van der Waals surface area (Å²) >= 11 is 0. The molecular weight excluding hydrogens is 268 g/mol. The molecule has 2 aromatic heterocycles. The summed E-state index contributed by atoms with van der Waals surface area (Å²) in [4.78, 5) is 9.51. The highest BCUT2D eigenvalue weighted by Crippen LogP contribution is 2.33. The van der Waals surface area contributed by atoms with Crippen molar-refractivity contribution in [1.29, 1.82) is 0 Å². The molecule has 2 heteroatoms. The van der Waals surface area contributed by atoms with Gasteiger partial charge in [0.05, 0.1) is 16.9 Å². The summed E-state index contributed by atoms with van der Waals surface area (Å²) in [5.41, 5.74) is 5.79. The van der Waals surface area contributed by atoms with Crippen molar-refractivity contribution in [3.63, 3.8) is 0 Å². The Morgan fingerprint density at radius 2 is 1.50 bits per heavy atom. The van der Waals surface area contributed by atoms with Gasteiger partial charge in [0.15, 0.2) is 0 Å². The van der Waals surface area contributed by atoms with E-state index in [4.69, 9.17) is 4.98 Å². The van der Waals surface area contributed by atoms with Gasteiger partial charge in [-0.25, -0.2) is 4.98 Å². The van der Waals surface area contributed by atoms with Crippen LogP contribution in [0.3, 0.4) is 0 Å². The molecule has 0 unspecified atom stereocenters. The molecule has 0 aliphatic heterocycles. The molecule has 0 saturated carbocycles. The minimum atomic E-state index is 1.05. The van der Waals surface area contributed by atoms with E-state index in [-0.39, 0.29) is 0 Å². The molecule has 2 aromatic carbocycles. The standard InChI is InChI=1S/C20H14N2/c1-2-5-15-12-18-17(10-14(15)4-1)11-16-8-7-13-6-3-9-21-19(13)20(16)22-18/h1-6,9-12H,7-8H2. The second-order valence-electron chi connectivity index (χ2n) is 5.90. The Labute approximate surface area is 128 Å².